The van der Waals surface area contributed by atoms with Crippen molar-refractivity contribution >= 4 is 29.2 Å². The number of anilines is 3. The molecule has 2 aromatic heterocycles. The molecule has 0 aliphatic carbocycles. The Balaban J connectivity index is 1.79. The Kier molecular flexibility index (Phi) is 4.19. The maximum Gasteiger partial charge on any atom is 0.232 e. The number of piperidine rings is 1. The van der Waals surface area contributed by atoms with E-state index in [1.807, 2.05) is 11.9 Å². The van der Waals surface area contributed by atoms with E-state index in [-0.39, 0.29) is 0 Å². The Bertz CT molecular complexity index is 579. The Morgan fingerprint density at radius 1 is 1.24 bits per heavy atom. The van der Waals surface area contributed by atoms with Crippen molar-refractivity contribution in [3.8, 4) is 0 Å². The second-order valence-corrected chi connectivity index (χ2v) is 6.31. The fraction of sp³-hybridized carbons (Fsp3) is 0.500. The quantitative estimate of drug-likeness (QED) is 0.933. The summed E-state index contributed by atoms with van der Waals surface area (Å²) in [5.41, 5.74) is 5.86. The summed E-state index contributed by atoms with van der Waals surface area (Å²) in [6, 6.07) is 4.16. The van der Waals surface area contributed by atoms with E-state index < -0.39 is 0 Å². The minimum atomic E-state index is 0.290. The first-order valence-corrected chi connectivity index (χ1v) is 8.10. The summed E-state index contributed by atoms with van der Waals surface area (Å²) < 4.78 is 0. The van der Waals surface area contributed by atoms with Gasteiger partial charge in [-0.3, -0.25) is 0 Å². The lowest BCUT2D eigenvalue weighted by molar-refractivity contribution is 0.567. The summed E-state index contributed by atoms with van der Waals surface area (Å²) in [5, 5.41) is 2.07. The molecule has 0 aromatic carbocycles. The van der Waals surface area contributed by atoms with E-state index in [1.165, 1.54) is 24.1 Å². The molecule has 1 fully saturated rings. The SMILES string of the molecule is CN(Cc1cccs1)c1nc(N)nc(N2CCCCC2)n1. The number of hydrogen-bond donors (Lipinski definition) is 1. The van der Waals surface area contributed by atoms with Crippen LogP contribution in [0.25, 0.3) is 0 Å². The van der Waals surface area contributed by atoms with Crippen LogP contribution in [-0.4, -0.2) is 35.1 Å². The van der Waals surface area contributed by atoms with Gasteiger partial charge in [0.25, 0.3) is 0 Å². The average Bonchev–Trinajstić information content (AvgIpc) is 3.00. The van der Waals surface area contributed by atoms with Crippen LogP contribution < -0.4 is 15.5 Å². The number of thiophene rings is 1. The van der Waals surface area contributed by atoms with Crippen molar-refractivity contribution in [1.82, 2.24) is 15.0 Å². The van der Waals surface area contributed by atoms with Gasteiger partial charge in [0.05, 0.1) is 6.54 Å². The molecule has 1 aliphatic rings. The highest BCUT2D eigenvalue weighted by Crippen LogP contribution is 2.20. The molecule has 0 unspecified atom stereocenters. The second kappa shape index (κ2) is 6.26. The average molecular weight is 304 g/mol. The molecule has 7 heteroatoms. The summed E-state index contributed by atoms with van der Waals surface area (Å²) >= 11 is 1.73. The monoisotopic (exact) mass is 304 g/mol. The number of nitrogens with zero attached hydrogens (tertiary/aromatic N) is 5. The third kappa shape index (κ3) is 3.41. The first kappa shape index (κ1) is 14.1. The van der Waals surface area contributed by atoms with Gasteiger partial charge in [0.15, 0.2) is 0 Å². The van der Waals surface area contributed by atoms with Crippen molar-refractivity contribution in [2.75, 3.05) is 35.7 Å². The van der Waals surface area contributed by atoms with E-state index in [9.17, 15) is 0 Å². The molecule has 3 heterocycles. The van der Waals surface area contributed by atoms with Gasteiger partial charge in [-0.25, -0.2) is 0 Å². The van der Waals surface area contributed by atoms with Gasteiger partial charge in [-0.1, -0.05) is 6.07 Å². The van der Waals surface area contributed by atoms with E-state index >= 15 is 0 Å². The van der Waals surface area contributed by atoms with Gasteiger partial charge in [0, 0.05) is 25.0 Å². The summed E-state index contributed by atoms with van der Waals surface area (Å²) in [7, 11) is 1.98. The van der Waals surface area contributed by atoms with Gasteiger partial charge in [-0.2, -0.15) is 15.0 Å². The largest absolute Gasteiger partial charge is 0.368 e. The zero-order chi connectivity index (χ0) is 14.7. The number of nitrogen functional groups attached to an aromatic ring is 1. The van der Waals surface area contributed by atoms with Crippen LogP contribution in [0.15, 0.2) is 17.5 Å². The van der Waals surface area contributed by atoms with Gasteiger partial charge >= 0.3 is 0 Å². The van der Waals surface area contributed by atoms with Crippen LogP contribution in [0, 0.1) is 0 Å². The Morgan fingerprint density at radius 3 is 2.76 bits per heavy atom. The van der Waals surface area contributed by atoms with Crippen molar-refractivity contribution < 1.29 is 0 Å². The highest BCUT2D eigenvalue weighted by Gasteiger charge is 2.17. The molecule has 0 amide bonds. The molecule has 0 atom stereocenters. The Labute approximate surface area is 128 Å². The molecule has 2 N–H and O–H groups in total. The molecule has 3 rings (SSSR count). The smallest absolute Gasteiger partial charge is 0.232 e. The summed E-state index contributed by atoms with van der Waals surface area (Å²) in [6.45, 7) is 2.77. The molecule has 0 saturated carbocycles. The van der Waals surface area contributed by atoms with Crippen LogP contribution in [0.4, 0.5) is 17.8 Å². The van der Waals surface area contributed by atoms with Crippen molar-refractivity contribution in [1.29, 1.82) is 0 Å². The zero-order valence-corrected chi connectivity index (χ0v) is 13.0. The van der Waals surface area contributed by atoms with Gasteiger partial charge in [0.2, 0.25) is 17.8 Å². The third-order valence-electron chi connectivity index (χ3n) is 3.58. The number of rotatable bonds is 4. The number of hydrogen-bond acceptors (Lipinski definition) is 7. The Morgan fingerprint density at radius 2 is 2.05 bits per heavy atom. The van der Waals surface area contributed by atoms with Gasteiger partial charge in [-0.15, -0.1) is 11.3 Å². The van der Waals surface area contributed by atoms with Crippen LogP contribution in [0.1, 0.15) is 24.1 Å². The van der Waals surface area contributed by atoms with Crippen LogP contribution in [0.5, 0.6) is 0 Å². The molecular formula is C14H20N6S. The molecule has 0 bridgehead atoms. The molecule has 21 heavy (non-hydrogen) atoms. The lowest BCUT2D eigenvalue weighted by Crippen LogP contribution is -2.32. The standard InChI is InChI=1S/C14H20N6S/c1-19(10-11-6-5-9-21-11)13-16-12(15)17-14(18-13)20-7-3-2-4-8-20/h5-6,9H,2-4,7-8,10H2,1H3,(H2,15,16,17,18). The maximum absolute atomic E-state index is 5.86. The minimum absolute atomic E-state index is 0.290. The summed E-state index contributed by atoms with van der Waals surface area (Å²) in [4.78, 5) is 18.6. The lowest BCUT2D eigenvalue weighted by Gasteiger charge is -2.27. The van der Waals surface area contributed by atoms with E-state index in [2.05, 4.69) is 37.4 Å². The molecule has 6 nitrogen and oxygen atoms in total. The van der Waals surface area contributed by atoms with Gasteiger partial charge in [-0.05, 0) is 30.7 Å². The van der Waals surface area contributed by atoms with Crippen molar-refractivity contribution in [2.45, 2.75) is 25.8 Å². The van der Waals surface area contributed by atoms with Crippen LogP contribution >= 0.6 is 11.3 Å². The highest BCUT2D eigenvalue weighted by molar-refractivity contribution is 7.09. The second-order valence-electron chi connectivity index (χ2n) is 5.28. The Hall–Kier alpha value is -1.89. The maximum atomic E-state index is 5.86. The van der Waals surface area contributed by atoms with Gasteiger partial charge < -0.3 is 15.5 Å². The first-order chi connectivity index (χ1) is 10.2. The van der Waals surface area contributed by atoms with E-state index in [0.717, 1.165) is 19.6 Å². The van der Waals surface area contributed by atoms with E-state index in [4.69, 9.17) is 5.73 Å². The number of nitrogens with two attached hydrogens (primary N) is 1. The van der Waals surface area contributed by atoms with Crippen molar-refractivity contribution in [3.05, 3.63) is 22.4 Å². The predicted molar refractivity (Wildman–Crippen MR) is 86.7 cm³/mol. The molecule has 0 spiro atoms. The van der Waals surface area contributed by atoms with Crippen LogP contribution in [0.3, 0.4) is 0 Å². The molecule has 2 aromatic rings. The van der Waals surface area contributed by atoms with Crippen LogP contribution in [0.2, 0.25) is 0 Å². The normalized spacial score (nSPS) is 15.2. The highest BCUT2D eigenvalue weighted by atomic mass is 32.1. The summed E-state index contributed by atoms with van der Waals surface area (Å²) in [5.74, 6) is 1.63. The molecule has 112 valence electrons. The third-order valence-corrected chi connectivity index (χ3v) is 4.44. The topological polar surface area (TPSA) is 71.2 Å². The first-order valence-electron chi connectivity index (χ1n) is 7.22. The molecule has 1 saturated heterocycles. The summed E-state index contributed by atoms with van der Waals surface area (Å²) in [6.07, 6.45) is 3.65. The molecule has 0 radical (unpaired) electrons. The lowest BCUT2D eigenvalue weighted by atomic mass is 10.1. The minimum Gasteiger partial charge on any atom is -0.368 e. The van der Waals surface area contributed by atoms with Gasteiger partial charge in [0.1, 0.15) is 0 Å². The van der Waals surface area contributed by atoms with Crippen molar-refractivity contribution in [2.24, 2.45) is 0 Å². The van der Waals surface area contributed by atoms with E-state index in [1.54, 1.807) is 11.3 Å². The van der Waals surface area contributed by atoms with Crippen molar-refractivity contribution in [3.63, 3.8) is 0 Å². The van der Waals surface area contributed by atoms with Crippen LogP contribution in [-0.2, 0) is 6.54 Å². The number of aromatic nitrogens is 3. The predicted octanol–water partition coefficient (Wildman–Crippen LogP) is 2.14. The zero-order valence-electron chi connectivity index (χ0n) is 12.2. The van der Waals surface area contributed by atoms with E-state index in [0.29, 0.717) is 17.8 Å². The fourth-order valence-corrected chi connectivity index (χ4v) is 3.24. The fourth-order valence-electron chi connectivity index (χ4n) is 2.48. The molecule has 1 aliphatic heterocycles. The molecular weight excluding hydrogens is 284 g/mol.